The quantitative estimate of drug-likeness (QED) is 0.331. The third-order valence-electron chi connectivity index (χ3n) is 5.07. The molecular weight excluding hydrogens is 457 g/mol. The summed E-state index contributed by atoms with van der Waals surface area (Å²) in [5.74, 6) is -1.79. The zero-order valence-electron chi connectivity index (χ0n) is 17.8. The number of ether oxygens (including phenoxy) is 2. The lowest BCUT2D eigenvalue weighted by Crippen LogP contribution is -2.30. The van der Waals surface area contributed by atoms with Crippen molar-refractivity contribution < 1.29 is 29.3 Å². The largest absolute Gasteiger partial charge is 0.507 e. The highest BCUT2D eigenvalue weighted by atomic mass is 35.5. The molecule has 32 heavy (non-hydrogen) atoms. The summed E-state index contributed by atoms with van der Waals surface area (Å²) in [6.07, 6.45) is 0.590. The fourth-order valence-corrected chi connectivity index (χ4v) is 4.33. The minimum absolute atomic E-state index is 0.0775. The molecule has 1 heterocycles. The van der Waals surface area contributed by atoms with E-state index in [1.54, 1.807) is 19.1 Å². The lowest BCUT2D eigenvalue weighted by atomic mass is 9.94. The van der Waals surface area contributed by atoms with Gasteiger partial charge in [0.15, 0.2) is 11.5 Å². The van der Waals surface area contributed by atoms with Crippen LogP contribution in [0.4, 0.5) is 0 Å². The van der Waals surface area contributed by atoms with Crippen molar-refractivity contribution in [3.8, 4) is 17.2 Å². The minimum atomic E-state index is -0.905. The van der Waals surface area contributed by atoms with E-state index in [-0.39, 0.29) is 45.0 Å². The predicted molar refractivity (Wildman–Crippen MR) is 122 cm³/mol. The highest BCUT2D eigenvalue weighted by Gasteiger charge is 2.46. The van der Waals surface area contributed by atoms with Crippen LogP contribution in [0.2, 0.25) is 10.0 Å². The number of carbonyl (C=O) groups is 2. The number of phenolic OH excluding ortho intramolecular Hbond substituents is 1. The summed E-state index contributed by atoms with van der Waals surface area (Å²) < 4.78 is 10.8. The second-order valence-corrected chi connectivity index (χ2v) is 7.96. The first kappa shape index (κ1) is 23.8. The number of benzene rings is 2. The van der Waals surface area contributed by atoms with Gasteiger partial charge < -0.3 is 24.6 Å². The van der Waals surface area contributed by atoms with Gasteiger partial charge in [0.1, 0.15) is 11.5 Å². The van der Waals surface area contributed by atoms with E-state index < -0.39 is 23.5 Å². The molecule has 1 aliphatic heterocycles. The Labute approximate surface area is 195 Å². The topological polar surface area (TPSA) is 96.3 Å². The zero-order chi connectivity index (χ0) is 23.6. The number of rotatable bonds is 7. The van der Waals surface area contributed by atoms with Gasteiger partial charge in [-0.25, -0.2) is 0 Å². The molecule has 1 aliphatic rings. The van der Waals surface area contributed by atoms with Crippen LogP contribution in [0.1, 0.15) is 37.4 Å². The average molecular weight is 480 g/mol. The Kier molecular flexibility index (Phi) is 7.21. The second-order valence-electron chi connectivity index (χ2n) is 7.12. The number of hydrogen-bond donors (Lipinski definition) is 2. The Bertz CT molecular complexity index is 1100. The monoisotopic (exact) mass is 479 g/mol. The van der Waals surface area contributed by atoms with Crippen LogP contribution >= 0.6 is 23.2 Å². The lowest BCUT2D eigenvalue weighted by molar-refractivity contribution is -0.139. The second kappa shape index (κ2) is 9.71. The molecule has 0 bridgehead atoms. The van der Waals surface area contributed by atoms with E-state index >= 15 is 0 Å². The molecular formula is C23H23Cl2NO6. The predicted octanol–water partition coefficient (Wildman–Crippen LogP) is 4.94. The van der Waals surface area contributed by atoms with Gasteiger partial charge >= 0.3 is 0 Å². The van der Waals surface area contributed by atoms with Crippen molar-refractivity contribution in [2.75, 3.05) is 20.3 Å². The van der Waals surface area contributed by atoms with E-state index in [0.717, 1.165) is 0 Å². The van der Waals surface area contributed by atoms with E-state index in [1.807, 2.05) is 6.92 Å². The van der Waals surface area contributed by atoms with Crippen LogP contribution in [0.15, 0.2) is 35.9 Å². The van der Waals surface area contributed by atoms with E-state index in [9.17, 15) is 19.8 Å². The van der Waals surface area contributed by atoms with Crippen molar-refractivity contribution in [2.24, 2.45) is 0 Å². The fourth-order valence-electron chi connectivity index (χ4n) is 3.76. The number of aromatic hydroxyl groups is 1. The highest BCUT2D eigenvalue weighted by molar-refractivity contribution is 6.46. The summed E-state index contributed by atoms with van der Waals surface area (Å²) in [7, 11) is 1.37. The summed E-state index contributed by atoms with van der Waals surface area (Å²) in [6, 6.07) is 6.50. The molecule has 0 spiro atoms. The minimum Gasteiger partial charge on any atom is -0.507 e. The molecule has 1 unspecified atom stereocenters. The van der Waals surface area contributed by atoms with Gasteiger partial charge in [-0.15, -0.1) is 0 Å². The van der Waals surface area contributed by atoms with Crippen molar-refractivity contribution in [3.05, 3.63) is 57.1 Å². The van der Waals surface area contributed by atoms with Gasteiger partial charge in [0.2, 0.25) is 0 Å². The molecule has 1 fully saturated rings. The third kappa shape index (κ3) is 4.23. The van der Waals surface area contributed by atoms with Crippen LogP contribution in [-0.4, -0.2) is 47.1 Å². The van der Waals surface area contributed by atoms with Gasteiger partial charge in [0, 0.05) is 11.6 Å². The number of halogens is 2. The molecule has 2 N–H and O–H groups in total. The smallest absolute Gasteiger partial charge is 0.295 e. The third-order valence-corrected chi connectivity index (χ3v) is 5.57. The molecule has 0 aromatic heterocycles. The van der Waals surface area contributed by atoms with Gasteiger partial charge in [-0.1, -0.05) is 36.2 Å². The molecule has 9 heteroatoms. The van der Waals surface area contributed by atoms with Gasteiger partial charge in [0.05, 0.1) is 35.9 Å². The van der Waals surface area contributed by atoms with Gasteiger partial charge in [0.25, 0.3) is 11.7 Å². The van der Waals surface area contributed by atoms with E-state index in [0.29, 0.717) is 18.6 Å². The van der Waals surface area contributed by atoms with Crippen LogP contribution in [0.25, 0.3) is 5.76 Å². The van der Waals surface area contributed by atoms with E-state index in [4.69, 9.17) is 32.7 Å². The van der Waals surface area contributed by atoms with Gasteiger partial charge in [-0.05, 0) is 43.2 Å². The standard InChI is InChI=1S/C23H23Cl2NO6/c1-4-8-26-19(12-6-7-16(27)17(9-12)32-5-2)18(21(29)23(26)30)20(28)14-10-13(24)11-15(25)22(14)31-3/h6-7,9-11,19,27-28H,4-5,8H2,1-3H3/b20-18+. The molecule has 0 aliphatic carbocycles. The first-order chi connectivity index (χ1) is 15.2. The summed E-state index contributed by atoms with van der Waals surface area (Å²) >= 11 is 12.3. The molecule has 1 saturated heterocycles. The maximum atomic E-state index is 13.0. The Balaban J connectivity index is 2.29. The van der Waals surface area contributed by atoms with Crippen LogP contribution in [0, 0.1) is 0 Å². The number of phenols is 1. The molecule has 1 atom stereocenters. The zero-order valence-corrected chi connectivity index (χ0v) is 19.3. The van der Waals surface area contributed by atoms with Crippen LogP contribution in [0.3, 0.4) is 0 Å². The molecule has 1 amide bonds. The number of hydrogen-bond acceptors (Lipinski definition) is 6. The maximum Gasteiger partial charge on any atom is 0.295 e. The normalized spacial score (nSPS) is 17.7. The molecule has 170 valence electrons. The van der Waals surface area contributed by atoms with Crippen molar-refractivity contribution in [1.82, 2.24) is 4.90 Å². The maximum absolute atomic E-state index is 13.0. The Morgan fingerprint density at radius 2 is 1.88 bits per heavy atom. The van der Waals surface area contributed by atoms with Crippen LogP contribution < -0.4 is 9.47 Å². The lowest BCUT2D eigenvalue weighted by Gasteiger charge is -2.25. The van der Waals surface area contributed by atoms with E-state index in [2.05, 4.69) is 0 Å². The summed E-state index contributed by atoms with van der Waals surface area (Å²) in [5.41, 5.74) is 0.453. The summed E-state index contributed by atoms with van der Waals surface area (Å²) in [6.45, 7) is 4.23. The number of carbonyl (C=O) groups excluding carboxylic acids is 2. The number of aliphatic hydroxyl groups is 1. The Morgan fingerprint density at radius 3 is 2.50 bits per heavy atom. The number of amides is 1. The first-order valence-corrected chi connectivity index (χ1v) is 10.8. The Morgan fingerprint density at radius 1 is 1.16 bits per heavy atom. The van der Waals surface area contributed by atoms with Crippen molar-refractivity contribution in [2.45, 2.75) is 26.3 Å². The van der Waals surface area contributed by atoms with Crippen LogP contribution in [-0.2, 0) is 9.59 Å². The molecule has 2 aromatic rings. The number of aliphatic hydroxyl groups excluding tert-OH is 1. The molecule has 0 saturated carbocycles. The number of ketones is 1. The van der Waals surface area contributed by atoms with Crippen LogP contribution in [0.5, 0.6) is 17.2 Å². The van der Waals surface area contributed by atoms with Gasteiger partial charge in [-0.2, -0.15) is 0 Å². The van der Waals surface area contributed by atoms with Crippen molar-refractivity contribution in [3.63, 3.8) is 0 Å². The Hall–Kier alpha value is -2.90. The molecule has 7 nitrogen and oxygen atoms in total. The molecule has 3 rings (SSSR count). The first-order valence-electron chi connectivity index (χ1n) is 10.0. The highest BCUT2D eigenvalue weighted by Crippen LogP contribution is 2.44. The molecule has 0 radical (unpaired) electrons. The number of nitrogens with zero attached hydrogens (tertiary/aromatic N) is 1. The van der Waals surface area contributed by atoms with Crippen molar-refractivity contribution >= 4 is 40.7 Å². The summed E-state index contributed by atoms with van der Waals surface area (Å²) in [4.78, 5) is 27.3. The summed E-state index contributed by atoms with van der Waals surface area (Å²) in [5, 5.41) is 21.7. The van der Waals surface area contributed by atoms with Gasteiger partial charge in [-0.3, -0.25) is 9.59 Å². The SMILES string of the molecule is CCCN1C(=O)C(=O)/C(=C(/O)c2cc(Cl)cc(Cl)c2OC)C1c1ccc(O)c(OCC)c1. The number of Topliss-reactive ketones (excluding diaryl/α,β-unsaturated/α-hetero) is 1. The number of likely N-dealkylation sites (tertiary alicyclic amines) is 1. The van der Waals surface area contributed by atoms with E-state index in [1.165, 1.54) is 30.2 Å². The fraction of sp³-hybridized carbons (Fsp3) is 0.304. The number of methoxy groups -OCH3 is 1. The average Bonchev–Trinajstić information content (AvgIpc) is 3.00. The van der Waals surface area contributed by atoms with Crippen molar-refractivity contribution in [1.29, 1.82) is 0 Å². The molecule has 2 aromatic carbocycles.